The number of benzene rings is 1. The van der Waals surface area contributed by atoms with Gasteiger partial charge in [-0.25, -0.2) is 0 Å². The first-order valence-corrected chi connectivity index (χ1v) is 5.74. The summed E-state index contributed by atoms with van der Waals surface area (Å²) in [5, 5.41) is 8.87. The van der Waals surface area contributed by atoms with Crippen molar-refractivity contribution in [1.29, 1.82) is 0 Å². The standard InChI is InChI=1S/C13H20N2O3/c1-9-4-5-12(18-3)10(6-9)7-15(2)13(17)11(14)8-16/h4-6,11,16H,7-8,14H2,1-3H3. The van der Waals surface area contributed by atoms with E-state index >= 15 is 0 Å². The van der Waals surface area contributed by atoms with Gasteiger partial charge in [-0.2, -0.15) is 0 Å². The molecule has 18 heavy (non-hydrogen) atoms. The Morgan fingerprint density at radius 2 is 2.22 bits per heavy atom. The Hall–Kier alpha value is -1.59. The van der Waals surface area contributed by atoms with E-state index in [-0.39, 0.29) is 12.5 Å². The van der Waals surface area contributed by atoms with E-state index in [9.17, 15) is 4.79 Å². The highest BCUT2D eigenvalue weighted by atomic mass is 16.5. The van der Waals surface area contributed by atoms with Crippen LogP contribution >= 0.6 is 0 Å². The molecule has 0 aromatic heterocycles. The monoisotopic (exact) mass is 252 g/mol. The van der Waals surface area contributed by atoms with Gasteiger partial charge in [0.1, 0.15) is 11.8 Å². The number of hydrogen-bond acceptors (Lipinski definition) is 4. The van der Waals surface area contributed by atoms with Crippen LogP contribution in [0, 0.1) is 6.92 Å². The lowest BCUT2D eigenvalue weighted by Gasteiger charge is -2.21. The number of carbonyl (C=O) groups is 1. The van der Waals surface area contributed by atoms with Gasteiger partial charge in [-0.15, -0.1) is 0 Å². The molecule has 0 aliphatic carbocycles. The molecule has 5 nitrogen and oxygen atoms in total. The zero-order valence-corrected chi connectivity index (χ0v) is 11.0. The van der Waals surface area contributed by atoms with Gasteiger partial charge >= 0.3 is 0 Å². The Balaban J connectivity index is 2.83. The normalized spacial score (nSPS) is 12.1. The molecular formula is C13H20N2O3. The average Bonchev–Trinajstić information content (AvgIpc) is 2.37. The van der Waals surface area contributed by atoms with Gasteiger partial charge in [-0.1, -0.05) is 17.7 Å². The van der Waals surface area contributed by atoms with Crippen molar-refractivity contribution >= 4 is 5.91 Å². The largest absolute Gasteiger partial charge is 0.496 e. The number of nitrogens with two attached hydrogens (primary N) is 1. The van der Waals surface area contributed by atoms with E-state index in [0.717, 1.165) is 16.9 Å². The lowest BCUT2D eigenvalue weighted by Crippen LogP contribution is -2.43. The van der Waals surface area contributed by atoms with Crippen LogP contribution < -0.4 is 10.5 Å². The summed E-state index contributed by atoms with van der Waals surface area (Å²) in [5.41, 5.74) is 7.51. The molecule has 1 rings (SSSR count). The number of aliphatic hydroxyl groups excluding tert-OH is 1. The van der Waals surface area contributed by atoms with E-state index in [1.807, 2.05) is 25.1 Å². The number of nitrogens with zero attached hydrogens (tertiary/aromatic N) is 1. The molecule has 0 saturated heterocycles. The van der Waals surface area contributed by atoms with Crippen LogP contribution in [0.5, 0.6) is 5.75 Å². The maximum atomic E-state index is 11.8. The molecule has 1 atom stereocenters. The Morgan fingerprint density at radius 3 is 2.78 bits per heavy atom. The summed E-state index contributed by atoms with van der Waals surface area (Å²) in [6.07, 6.45) is 0. The van der Waals surface area contributed by atoms with Crippen LogP contribution in [0.2, 0.25) is 0 Å². The van der Waals surface area contributed by atoms with Crippen LogP contribution in [-0.2, 0) is 11.3 Å². The molecule has 3 N–H and O–H groups in total. The minimum absolute atomic E-state index is 0.291. The molecule has 1 unspecified atom stereocenters. The molecule has 1 aromatic rings. The van der Waals surface area contributed by atoms with Gasteiger partial charge in [0.2, 0.25) is 5.91 Å². The van der Waals surface area contributed by atoms with Crippen LogP contribution in [0.15, 0.2) is 18.2 Å². The molecule has 0 fully saturated rings. The third-order valence-corrected chi connectivity index (χ3v) is 2.73. The summed E-state index contributed by atoms with van der Waals surface area (Å²) in [6.45, 7) is 2.02. The fraction of sp³-hybridized carbons (Fsp3) is 0.462. The van der Waals surface area contributed by atoms with Crippen LogP contribution in [0.3, 0.4) is 0 Å². The van der Waals surface area contributed by atoms with Crippen LogP contribution in [0.25, 0.3) is 0 Å². The second kappa shape index (κ2) is 6.37. The summed E-state index contributed by atoms with van der Waals surface area (Å²) in [5.74, 6) is 0.443. The lowest BCUT2D eigenvalue weighted by atomic mass is 10.1. The third-order valence-electron chi connectivity index (χ3n) is 2.73. The molecule has 5 heteroatoms. The number of amides is 1. The number of carbonyl (C=O) groups excluding carboxylic acids is 1. The van der Waals surface area contributed by atoms with E-state index in [2.05, 4.69) is 0 Å². The summed E-state index contributed by atoms with van der Waals surface area (Å²) >= 11 is 0. The van der Waals surface area contributed by atoms with Crippen molar-refractivity contribution in [3.8, 4) is 5.75 Å². The van der Waals surface area contributed by atoms with E-state index in [0.29, 0.717) is 6.54 Å². The number of rotatable bonds is 5. The van der Waals surface area contributed by atoms with E-state index < -0.39 is 6.04 Å². The first-order valence-electron chi connectivity index (χ1n) is 5.74. The first-order chi connectivity index (χ1) is 8.49. The topological polar surface area (TPSA) is 75.8 Å². The van der Waals surface area contributed by atoms with Gasteiger partial charge in [0.05, 0.1) is 13.7 Å². The molecule has 1 amide bonds. The SMILES string of the molecule is COc1ccc(C)cc1CN(C)C(=O)C(N)CO. The van der Waals surface area contributed by atoms with Gasteiger partial charge in [-0.3, -0.25) is 4.79 Å². The fourth-order valence-electron chi connectivity index (χ4n) is 1.73. The zero-order chi connectivity index (χ0) is 13.7. The second-order valence-corrected chi connectivity index (χ2v) is 4.30. The molecule has 0 heterocycles. The van der Waals surface area contributed by atoms with Gasteiger partial charge in [0, 0.05) is 19.2 Å². The summed E-state index contributed by atoms with van der Waals surface area (Å²) in [7, 11) is 3.25. The number of ether oxygens (including phenoxy) is 1. The van der Waals surface area contributed by atoms with Crippen molar-refractivity contribution in [2.24, 2.45) is 5.73 Å². The summed E-state index contributed by atoms with van der Waals surface area (Å²) in [4.78, 5) is 13.2. The smallest absolute Gasteiger partial charge is 0.241 e. The van der Waals surface area contributed by atoms with Crippen molar-refractivity contribution in [1.82, 2.24) is 4.90 Å². The third kappa shape index (κ3) is 3.45. The fourth-order valence-corrected chi connectivity index (χ4v) is 1.73. The Labute approximate surface area is 107 Å². The quantitative estimate of drug-likeness (QED) is 0.789. The average molecular weight is 252 g/mol. The van der Waals surface area contributed by atoms with Crippen molar-refractivity contribution in [2.45, 2.75) is 19.5 Å². The number of methoxy groups -OCH3 is 1. The number of aliphatic hydroxyl groups is 1. The lowest BCUT2D eigenvalue weighted by molar-refractivity contribution is -0.132. The Kier molecular flexibility index (Phi) is 5.12. The molecule has 0 bridgehead atoms. The van der Waals surface area contributed by atoms with Crippen LogP contribution in [0.1, 0.15) is 11.1 Å². The van der Waals surface area contributed by atoms with Crippen molar-refractivity contribution in [3.05, 3.63) is 29.3 Å². The molecule has 1 aromatic carbocycles. The maximum absolute atomic E-state index is 11.8. The van der Waals surface area contributed by atoms with Crippen LogP contribution in [-0.4, -0.2) is 42.7 Å². The van der Waals surface area contributed by atoms with Gasteiger partial charge in [-0.05, 0) is 13.0 Å². The summed E-state index contributed by atoms with van der Waals surface area (Å²) < 4.78 is 5.25. The highest BCUT2D eigenvalue weighted by molar-refractivity contribution is 5.81. The van der Waals surface area contributed by atoms with E-state index in [1.54, 1.807) is 14.2 Å². The molecule has 0 aliphatic heterocycles. The van der Waals surface area contributed by atoms with Gasteiger partial charge < -0.3 is 20.5 Å². The Bertz CT molecular complexity index is 421. The van der Waals surface area contributed by atoms with E-state index in [1.165, 1.54) is 4.90 Å². The predicted molar refractivity (Wildman–Crippen MR) is 69.3 cm³/mol. The minimum Gasteiger partial charge on any atom is -0.496 e. The molecule has 0 radical (unpaired) electrons. The highest BCUT2D eigenvalue weighted by Gasteiger charge is 2.18. The predicted octanol–water partition coefficient (Wildman–Crippen LogP) is 0.282. The molecular weight excluding hydrogens is 232 g/mol. The molecule has 100 valence electrons. The van der Waals surface area contributed by atoms with Crippen molar-refractivity contribution < 1.29 is 14.6 Å². The zero-order valence-electron chi connectivity index (χ0n) is 11.0. The first kappa shape index (κ1) is 14.5. The number of hydrogen-bond donors (Lipinski definition) is 2. The van der Waals surface area contributed by atoms with Gasteiger partial charge in [0.25, 0.3) is 0 Å². The molecule has 0 saturated carbocycles. The highest BCUT2D eigenvalue weighted by Crippen LogP contribution is 2.21. The maximum Gasteiger partial charge on any atom is 0.241 e. The summed E-state index contributed by atoms with van der Waals surface area (Å²) in [6, 6.07) is 4.91. The van der Waals surface area contributed by atoms with Crippen molar-refractivity contribution in [2.75, 3.05) is 20.8 Å². The number of aryl methyl sites for hydroxylation is 1. The number of likely N-dealkylation sites (N-methyl/N-ethyl adjacent to an activating group) is 1. The second-order valence-electron chi connectivity index (χ2n) is 4.30. The Morgan fingerprint density at radius 1 is 1.56 bits per heavy atom. The van der Waals surface area contributed by atoms with Gasteiger partial charge in [0.15, 0.2) is 0 Å². The van der Waals surface area contributed by atoms with E-state index in [4.69, 9.17) is 15.6 Å². The van der Waals surface area contributed by atoms with Crippen molar-refractivity contribution in [3.63, 3.8) is 0 Å². The van der Waals surface area contributed by atoms with Crippen LogP contribution in [0.4, 0.5) is 0 Å². The minimum atomic E-state index is -0.870. The molecule has 0 aliphatic rings. The molecule has 0 spiro atoms.